The molecule has 0 bridgehead atoms. The number of piperazine rings is 1. The van der Waals surface area contributed by atoms with Crippen molar-refractivity contribution in [1.29, 1.82) is 0 Å². The molecule has 3 heteroatoms. The van der Waals surface area contributed by atoms with Crippen LogP contribution in [0.3, 0.4) is 0 Å². The lowest BCUT2D eigenvalue weighted by Crippen LogP contribution is -2.48. The highest BCUT2D eigenvalue weighted by Gasteiger charge is 2.25. The van der Waals surface area contributed by atoms with E-state index in [1.54, 1.807) is 12.1 Å². The predicted octanol–water partition coefficient (Wildman–Crippen LogP) is 3.94. The van der Waals surface area contributed by atoms with E-state index in [-0.39, 0.29) is 5.82 Å². The van der Waals surface area contributed by atoms with E-state index in [0.29, 0.717) is 0 Å². The van der Waals surface area contributed by atoms with Crippen molar-refractivity contribution >= 4 is 5.69 Å². The molecule has 1 aromatic rings. The van der Waals surface area contributed by atoms with Crippen LogP contribution >= 0.6 is 0 Å². The van der Waals surface area contributed by atoms with Crippen molar-refractivity contribution in [3.05, 3.63) is 42.2 Å². The van der Waals surface area contributed by atoms with E-state index in [1.807, 2.05) is 12.1 Å². The average molecular weight is 302 g/mol. The molecule has 0 radical (unpaired) electrons. The largest absolute Gasteiger partial charge is 0.367 e. The number of rotatable bonds is 5. The number of hydrogen-bond donors (Lipinski definition) is 0. The van der Waals surface area contributed by atoms with E-state index in [0.717, 1.165) is 43.7 Å². The lowest BCUT2D eigenvalue weighted by Gasteiger charge is -2.38. The van der Waals surface area contributed by atoms with E-state index in [4.69, 9.17) is 0 Å². The number of anilines is 1. The molecule has 0 N–H and O–H groups in total. The molecular formula is C19H27FN2. The highest BCUT2D eigenvalue weighted by molar-refractivity contribution is 5.47. The zero-order valence-corrected chi connectivity index (χ0v) is 13.5. The Labute approximate surface area is 133 Å². The molecule has 0 aromatic heterocycles. The average Bonchev–Trinajstić information content (AvgIpc) is 3.08. The molecule has 1 aliphatic heterocycles. The van der Waals surface area contributed by atoms with E-state index in [2.05, 4.69) is 28.9 Å². The second kappa shape index (κ2) is 7.28. The van der Waals surface area contributed by atoms with Crippen molar-refractivity contribution in [1.82, 2.24) is 4.90 Å². The Balaban J connectivity index is 1.53. The molecule has 0 saturated carbocycles. The topological polar surface area (TPSA) is 6.48 Å². The zero-order chi connectivity index (χ0) is 15.4. The minimum Gasteiger partial charge on any atom is -0.367 e. The summed E-state index contributed by atoms with van der Waals surface area (Å²) in [5, 5.41) is 0. The van der Waals surface area contributed by atoms with Crippen molar-refractivity contribution in [3.63, 3.8) is 0 Å². The summed E-state index contributed by atoms with van der Waals surface area (Å²) >= 11 is 0. The summed E-state index contributed by atoms with van der Waals surface area (Å²) in [6.45, 7) is 7.45. The zero-order valence-electron chi connectivity index (χ0n) is 13.5. The fourth-order valence-electron chi connectivity index (χ4n) is 3.83. The van der Waals surface area contributed by atoms with E-state index in [1.165, 1.54) is 25.8 Å². The first-order chi connectivity index (χ1) is 10.8. The highest BCUT2D eigenvalue weighted by Crippen LogP contribution is 2.29. The SMILES string of the molecule is CCC(CN1CCN(c2ccccc2F)CC1)C1C=CCC1. The van der Waals surface area contributed by atoms with Gasteiger partial charge in [0.1, 0.15) is 5.82 Å². The number of para-hydroxylation sites is 1. The van der Waals surface area contributed by atoms with Crippen LogP contribution in [0.2, 0.25) is 0 Å². The molecule has 3 rings (SSSR count). The first kappa shape index (κ1) is 15.5. The van der Waals surface area contributed by atoms with Crippen LogP contribution < -0.4 is 4.90 Å². The maximum atomic E-state index is 13.9. The molecule has 2 unspecified atom stereocenters. The van der Waals surface area contributed by atoms with Crippen molar-refractivity contribution in [3.8, 4) is 0 Å². The summed E-state index contributed by atoms with van der Waals surface area (Å²) in [4.78, 5) is 4.75. The summed E-state index contributed by atoms with van der Waals surface area (Å²) < 4.78 is 13.9. The van der Waals surface area contributed by atoms with Gasteiger partial charge in [-0.25, -0.2) is 4.39 Å². The Hall–Kier alpha value is -1.35. The molecule has 2 aliphatic rings. The molecule has 0 amide bonds. The normalized spacial score (nSPS) is 23.9. The lowest BCUT2D eigenvalue weighted by atomic mass is 9.89. The maximum absolute atomic E-state index is 13.9. The van der Waals surface area contributed by atoms with Crippen LogP contribution in [0.1, 0.15) is 26.2 Å². The molecule has 0 spiro atoms. The minimum atomic E-state index is -0.0986. The van der Waals surface area contributed by atoms with Gasteiger partial charge in [-0.1, -0.05) is 37.6 Å². The van der Waals surface area contributed by atoms with Gasteiger partial charge in [0.15, 0.2) is 0 Å². The van der Waals surface area contributed by atoms with Gasteiger partial charge < -0.3 is 4.90 Å². The number of nitrogens with zero attached hydrogens (tertiary/aromatic N) is 2. The third kappa shape index (κ3) is 3.52. The standard InChI is InChI=1S/C19H27FN2/c1-2-16(17-7-3-4-8-17)15-21-11-13-22(14-12-21)19-10-6-5-9-18(19)20/h3,5-7,9-10,16-17H,2,4,8,11-15H2,1H3. The Morgan fingerprint density at radius 2 is 1.95 bits per heavy atom. The monoisotopic (exact) mass is 302 g/mol. The third-order valence-electron chi connectivity index (χ3n) is 5.24. The third-order valence-corrected chi connectivity index (χ3v) is 5.24. The Morgan fingerprint density at radius 3 is 2.59 bits per heavy atom. The number of hydrogen-bond acceptors (Lipinski definition) is 2. The first-order valence-corrected chi connectivity index (χ1v) is 8.66. The van der Waals surface area contributed by atoms with Crippen molar-refractivity contribution < 1.29 is 4.39 Å². The van der Waals surface area contributed by atoms with Crippen molar-refractivity contribution in [2.45, 2.75) is 26.2 Å². The van der Waals surface area contributed by atoms with Gasteiger partial charge in [0.2, 0.25) is 0 Å². The van der Waals surface area contributed by atoms with Crippen LogP contribution in [0.4, 0.5) is 10.1 Å². The van der Waals surface area contributed by atoms with Crippen LogP contribution in [0.5, 0.6) is 0 Å². The van der Waals surface area contributed by atoms with Crippen LogP contribution in [0.25, 0.3) is 0 Å². The molecule has 1 saturated heterocycles. The van der Waals surface area contributed by atoms with Crippen LogP contribution in [-0.2, 0) is 0 Å². The quantitative estimate of drug-likeness (QED) is 0.760. The number of allylic oxidation sites excluding steroid dienone is 2. The molecule has 1 aliphatic carbocycles. The van der Waals surface area contributed by atoms with Crippen molar-refractivity contribution in [2.24, 2.45) is 11.8 Å². The van der Waals surface area contributed by atoms with Crippen molar-refractivity contribution in [2.75, 3.05) is 37.6 Å². The Morgan fingerprint density at radius 1 is 1.18 bits per heavy atom. The van der Waals surface area contributed by atoms with Crippen LogP contribution in [0, 0.1) is 17.7 Å². The molecular weight excluding hydrogens is 275 g/mol. The number of halogens is 1. The molecule has 22 heavy (non-hydrogen) atoms. The molecule has 1 aromatic carbocycles. The van der Waals surface area contributed by atoms with Gasteiger partial charge in [0.25, 0.3) is 0 Å². The second-order valence-corrected chi connectivity index (χ2v) is 6.58. The van der Waals surface area contributed by atoms with Gasteiger partial charge >= 0.3 is 0 Å². The molecule has 2 nitrogen and oxygen atoms in total. The summed E-state index contributed by atoms with van der Waals surface area (Å²) in [5.74, 6) is 1.45. The summed E-state index contributed by atoms with van der Waals surface area (Å²) in [5.41, 5.74) is 0.757. The van der Waals surface area contributed by atoms with Gasteiger partial charge in [-0.05, 0) is 36.8 Å². The van der Waals surface area contributed by atoms with Gasteiger partial charge in [-0.2, -0.15) is 0 Å². The Bertz CT molecular complexity index is 506. The van der Waals surface area contributed by atoms with Gasteiger partial charge in [-0.15, -0.1) is 0 Å². The highest BCUT2D eigenvalue weighted by atomic mass is 19.1. The van der Waals surface area contributed by atoms with E-state index < -0.39 is 0 Å². The van der Waals surface area contributed by atoms with E-state index >= 15 is 0 Å². The second-order valence-electron chi connectivity index (χ2n) is 6.58. The van der Waals surface area contributed by atoms with Crippen LogP contribution in [0.15, 0.2) is 36.4 Å². The molecule has 120 valence electrons. The maximum Gasteiger partial charge on any atom is 0.146 e. The minimum absolute atomic E-state index is 0.0986. The van der Waals surface area contributed by atoms with Crippen LogP contribution in [-0.4, -0.2) is 37.6 Å². The smallest absolute Gasteiger partial charge is 0.146 e. The number of benzene rings is 1. The summed E-state index contributed by atoms with van der Waals surface area (Å²) in [6, 6.07) is 7.13. The molecule has 1 heterocycles. The lowest BCUT2D eigenvalue weighted by molar-refractivity contribution is 0.190. The Kier molecular flexibility index (Phi) is 5.14. The van der Waals surface area contributed by atoms with Gasteiger partial charge in [-0.3, -0.25) is 4.90 Å². The fraction of sp³-hybridized carbons (Fsp3) is 0.579. The van der Waals surface area contributed by atoms with Gasteiger partial charge in [0, 0.05) is 32.7 Å². The van der Waals surface area contributed by atoms with Gasteiger partial charge in [0.05, 0.1) is 5.69 Å². The van der Waals surface area contributed by atoms with E-state index in [9.17, 15) is 4.39 Å². The fourth-order valence-corrected chi connectivity index (χ4v) is 3.83. The summed E-state index contributed by atoms with van der Waals surface area (Å²) in [6.07, 6.45) is 8.59. The first-order valence-electron chi connectivity index (χ1n) is 8.66. The molecule has 2 atom stereocenters. The molecule has 1 fully saturated rings. The summed E-state index contributed by atoms with van der Waals surface area (Å²) in [7, 11) is 0. The predicted molar refractivity (Wildman–Crippen MR) is 90.7 cm³/mol.